The standard InChI is InChI=1S/C6H6BrClN2.ClH/c7-5-1-4(8)3-10-6(5)2-9;/h1,3H,2,9H2;1H. The van der Waals surface area contributed by atoms with E-state index in [1.165, 1.54) is 0 Å². The lowest BCUT2D eigenvalue weighted by molar-refractivity contribution is 0.979. The van der Waals surface area contributed by atoms with Gasteiger partial charge in [-0.2, -0.15) is 0 Å². The molecule has 0 saturated heterocycles. The van der Waals surface area contributed by atoms with Crippen molar-refractivity contribution in [2.24, 2.45) is 5.73 Å². The largest absolute Gasteiger partial charge is 0.325 e. The summed E-state index contributed by atoms with van der Waals surface area (Å²) < 4.78 is 0.863. The van der Waals surface area contributed by atoms with Crippen LogP contribution < -0.4 is 5.73 Å². The fourth-order valence-corrected chi connectivity index (χ4v) is 1.39. The van der Waals surface area contributed by atoms with E-state index in [1.54, 1.807) is 12.3 Å². The monoisotopic (exact) mass is 256 g/mol. The van der Waals surface area contributed by atoms with E-state index < -0.39 is 0 Å². The zero-order valence-electron chi connectivity index (χ0n) is 5.55. The van der Waals surface area contributed by atoms with Crippen LogP contribution in [-0.2, 0) is 6.54 Å². The van der Waals surface area contributed by atoms with Crippen molar-refractivity contribution in [1.29, 1.82) is 0 Å². The summed E-state index contributed by atoms with van der Waals surface area (Å²) in [6.07, 6.45) is 1.58. The van der Waals surface area contributed by atoms with E-state index >= 15 is 0 Å². The Morgan fingerprint density at radius 3 is 2.73 bits per heavy atom. The van der Waals surface area contributed by atoms with E-state index in [9.17, 15) is 0 Å². The van der Waals surface area contributed by atoms with Crippen LogP contribution in [0.3, 0.4) is 0 Å². The summed E-state index contributed by atoms with van der Waals surface area (Å²) in [5.41, 5.74) is 6.19. The molecule has 0 atom stereocenters. The van der Waals surface area contributed by atoms with Crippen molar-refractivity contribution in [3.05, 3.63) is 27.5 Å². The second-order valence-corrected chi connectivity index (χ2v) is 3.08. The molecule has 0 fully saturated rings. The van der Waals surface area contributed by atoms with Gasteiger partial charge in [-0.3, -0.25) is 4.98 Å². The Bertz CT molecular complexity index is 242. The van der Waals surface area contributed by atoms with Crippen molar-refractivity contribution in [3.8, 4) is 0 Å². The number of pyridine rings is 1. The molecule has 2 nitrogen and oxygen atoms in total. The molecule has 1 aromatic heterocycles. The summed E-state index contributed by atoms with van der Waals surface area (Å²) in [4.78, 5) is 3.99. The van der Waals surface area contributed by atoms with Gasteiger partial charge >= 0.3 is 0 Å². The first-order valence-corrected chi connectivity index (χ1v) is 3.91. The molecule has 0 aromatic carbocycles. The van der Waals surface area contributed by atoms with Crippen LogP contribution in [0.25, 0.3) is 0 Å². The Hall–Kier alpha value is 0.170. The highest BCUT2D eigenvalue weighted by atomic mass is 79.9. The molecule has 0 spiro atoms. The molecule has 1 heterocycles. The summed E-state index contributed by atoms with van der Waals surface area (Å²) >= 11 is 8.92. The molecule has 5 heteroatoms. The number of nitrogens with two attached hydrogens (primary N) is 1. The maximum atomic E-state index is 5.64. The fourth-order valence-electron chi connectivity index (χ4n) is 0.593. The van der Waals surface area contributed by atoms with Crippen molar-refractivity contribution < 1.29 is 0 Å². The number of halogens is 3. The molecule has 0 radical (unpaired) electrons. The van der Waals surface area contributed by atoms with Gasteiger partial charge in [-0.25, -0.2) is 0 Å². The first-order chi connectivity index (χ1) is 4.74. The van der Waals surface area contributed by atoms with Gasteiger partial charge in [-0.05, 0) is 22.0 Å². The predicted octanol–water partition coefficient (Wildman–Crippen LogP) is 2.38. The summed E-state index contributed by atoms with van der Waals surface area (Å²) in [5.74, 6) is 0. The zero-order valence-corrected chi connectivity index (χ0v) is 8.71. The van der Waals surface area contributed by atoms with E-state index in [0.717, 1.165) is 10.2 Å². The third kappa shape index (κ3) is 2.95. The van der Waals surface area contributed by atoms with Crippen molar-refractivity contribution in [2.75, 3.05) is 0 Å². The quantitative estimate of drug-likeness (QED) is 0.839. The lowest BCUT2D eigenvalue weighted by atomic mass is 10.3. The average molecular weight is 258 g/mol. The van der Waals surface area contributed by atoms with Gasteiger partial charge in [0.15, 0.2) is 0 Å². The molecule has 0 bridgehead atoms. The molecular formula is C6H7BrCl2N2. The minimum Gasteiger partial charge on any atom is -0.325 e. The van der Waals surface area contributed by atoms with Crippen molar-refractivity contribution in [2.45, 2.75) is 6.54 Å². The summed E-state index contributed by atoms with van der Waals surface area (Å²) in [5, 5.41) is 0.615. The maximum Gasteiger partial charge on any atom is 0.0682 e. The van der Waals surface area contributed by atoms with Gasteiger partial charge in [-0.1, -0.05) is 11.6 Å². The minimum atomic E-state index is 0. The molecule has 0 amide bonds. The third-order valence-electron chi connectivity index (χ3n) is 1.08. The van der Waals surface area contributed by atoms with Gasteiger partial charge in [0.25, 0.3) is 0 Å². The number of hydrogen-bond acceptors (Lipinski definition) is 2. The van der Waals surface area contributed by atoms with E-state index in [1.807, 2.05) is 0 Å². The zero-order chi connectivity index (χ0) is 7.56. The Morgan fingerprint density at radius 1 is 1.64 bits per heavy atom. The van der Waals surface area contributed by atoms with E-state index in [0.29, 0.717) is 11.6 Å². The topological polar surface area (TPSA) is 38.9 Å². The normalized spacial score (nSPS) is 9.00. The fraction of sp³-hybridized carbons (Fsp3) is 0.167. The molecular weight excluding hydrogens is 251 g/mol. The summed E-state index contributed by atoms with van der Waals surface area (Å²) in [6, 6.07) is 1.77. The van der Waals surface area contributed by atoms with Crippen molar-refractivity contribution in [1.82, 2.24) is 4.98 Å². The third-order valence-corrected chi connectivity index (χ3v) is 1.97. The molecule has 0 aliphatic carbocycles. The average Bonchev–Trinajstić information content (AvgIpc) is 1.88. The molecule has 0 unspecified atom stereocenters. The van der Waals surface area contributed by atoms with Gasteiger partial charge in [0.1, 0.15) is 0 Å². The first-order valence-electron chi connectivity index (χ1n) is 2.74. The Kier molecular flexibility index (Phi) is 5.01. The molecule has 11 heavy (non-hydrogen) atoms. The van der Waals surface area contributed by atoms with E-state index in [2.05, 4.69) is 20.9 Å². The van der Waals surface area contributed by atoms with Crippen LogP contribution in [0.2, 0.25) is 5.02 Å². The van der Waals surface area contributed by atoms with Crippen LogP contribution in [0.4, 0.5) is 0 Å². The van der Waals surface area contributed by atoms with Gasteiger partial charge in [0.2, 0.25) is 0 Å². The Morgan fingerprint density at radius 2 is 2.27 bits per heavy atom. The number of nitrogens with zero attached hydrogens (tertiary/aromatic N) is 1. The molecule has 0 aliphatic rings. The summed E-state index contributed by atoms with van der Waals surface area (Å²) in [6.45, 7) is 0.428. The maximum absolute atomic E-state index is 5.64. The van der Waals surface area contributed by atoms with Gasteiger partial charge in [0, 0.05) is 17.2 Å². The SMILES string of the molecule is Cl.NCc1ncc(Cl)cc1Br. The van der Waals surface area contributed by atoms with Crippen LogP contribution >= 0.6 is 39.9 Å². The van der Waals surface area contributed by atoms with E-state index in [4.69, 9.17) is 17.3 Å². The highest BCUT2D eigenvalue weighted by Gasteiger charge is 1.98. The van der Waals surface area contributed by atoms with Crippen LogP contribution in [-0.4, -0.2) is 4.98 Å². The number of aromatic nitrogens is 1. The van der Waals surface area contributed by atoms with Gasteiger partial charge < -0.3 is 5.73 Å². The second kappa shape index (κ2) is 4.93. The highest BCUT2D eigenvalue weighted by molar-refractivity contribution is 9.10. The van der Waals surface area contributed by atoms with Gasteiger partial charge in [-0.15, -0.1) is 12.4 Å². The molecule has 1 rings (SSSR count). The Labute approximate surface area is 84.7 Å². The predicted molar refractivity (Wildman–Crippen MR) is 52.1 cm³/mol. The lowest BCUT2D eigenvalue weighted by Gasteiger charge is -1.98. The molecule has 0 aliphatic heterocycles. The van der Waals surface area contributed by atoms with Crippen LogP contribution in [0.15, 0.2) is 16.7 Å². The molecule has 2 N–H and O–H groups in total. The number of hydrogen-bond donors (Lipinski definition) is 1. The molecule has 1 aromatic rings. The van der Waals surface area contributed by atoms with E-state index in [-0.39, 0.29) is 12.4 Å². The van der Waals surface area contributed by atoms with Crippen molar-refractivity contribution in [3.63, 3.8) is 0 Å². The summed E-state index contributed by atoms with van der Waals surface area (Å²) in [7, 11) is 0. The minimum absolute atomic E-state index is 0. The highest BCUT2D eigenvalue weighted by Crippen LogP contribution is 2.18. The van der Waals surface area contributed by atoms with Crippen LogP contribution in [0.5, 0.6) is 0 Å². The molecule has 62 valence electrons. The second-order valence-electron chi connectivity index (χ2n) is 1.79. The lowest BCUT2D eigenvalue weighted by Crippen LogP contribution is -1.99. The van der Waals surface area contributed by atoms with Crippen LogP contribution in [0, 0.1) is 0 Å². The van der Waals surface area contributed by atoms with Crippen LogP contribution in [0.1, 0.15) is 5.69 Å². The smallest absolute Gasteiger partial charge is 0.0682 e. The Balaban J connectivity index is 0.000001000. The van der Waals surface area contributed by atoms with Crippen molar-refractivity contribution >= 4 is 39.9 Å². The van der Waals surface area contributed by atoms with Gasteiger partial charge in [0.05, 0.1) is 10.7 Å². The molecule has 0 saturated carbocycles. The number of rotatable bonds is 1. The first kappa shape index (κ1) is 11.2.